The second-order valence-corrected chi connectivity index (χ2v) is 3.62. The largest absolute Gasteiger partial charge is 0.496 e. The molecule has 0 aliphatic heterocycles. The highest BCUT2D eigenvalue weighted by molar-refractivity contribution is 5.76. The van der Waals surface area contributed by atoms with Gasteiger partial charge in [-0.3, -0.25) is 10.2 Å². The van der Waals surface area contributed by atoms with Crippen LogP contribution in [-0.4, -0.2) is 13.0 Å². The molecule has 5 nitrogen and oxygen atoms in total. The minimum Gasteiger partial charge on any atom is -0.496 e. The smallest absolute Gasteiger partial charge is 0.235 e. The number of carbonyl (C=O) groups is 1. The van der Waals surface area contributed by atoms with Gasteiger partial charge in [0.15, 0.2) is 0 Å². The molecule has 1 aromatic rings. The Balaban J connectivity index is 2.92. The molecular weight excluding hydrogens is 206 g/mol. The molecule has 0 heterocycles. The minimum absolute atomic E-state index is 0.135. The van der Waals surface area contributed by atoms with Gasteiger partial charge in [0.2, 0.25) is 5.91 Å². The van der Waals surface area contributed by atoms with Crippen molar-refractivity contribution >= 4 is 5.91 Å². The third-order valence-electron chi connectivity index (χ3n) is 2.35. The van der Waals surface area contributed by atoms with Crippen LogP contribution in [0.3, 0.4) is 0 Å². The molecule has 0 fully saturated rings. The van der Waals surface area contributed by atoms with Crippen LogP contribution in [-0.2, 0) is 4.79 Å². The molecule has 0 radical (unpaired) electrons. The molecule has 0 aliphatic rings. The Bertz CT molecular complexity index is 379. The van der Waals surface area contributed by atoms with Crippen molar-refractivity contribution in [3.05, 3.63) is 29.3 Å². The van der Waals surface area contributed by atoms with Gasteiger partial charge < -0.3 is 10.5 Å². The summed E-state index contributed by atoms with van der Waals surface area (Å²) in [5.41, 5.74) is 9.86. The van der Waals surface area contributed by atoms with Gasteiger partial charge in [-0.25, -0.2) is 5.84 Å². The topological polar surface area (TPSA) is 90.4 Å². The normalized spacial score (nSPS) is 12.0. The fraction of sp³-hybridized carbons (Fsp3) is 0.364. The molecule has 5 N–H and O–H groups in total. The maximum atomic E-state index is 11.1. The number of methoxy groups -OCH3 is 1. The minimum atomic E-state index is -0.418. The third-order valence-corrected chi connectivity index (χ3v) is 2.35. The summed E-state index contributed by atoms with van der Waals surface area (Å²) in [4.78, 5) is 11.1. The molecule has 1 unspecified atom stereocenters. The fourth-order valence-electron chi connectivity index (χ4n) is 1.51. The molecule has 1 atom stereocenters. The van der Waals surface area contributed by atoms with E-state index < -0.39 is 6.04 Å². The first-order valence-electron chi connectivity index (χ1n) is 4.98. The number of nitrogens with two attached hydrogens (primary N) is 2. The summed E-state index contributed by atoms with van der Waals surface area (Å²) in [6, 6.07) is 5.26. The van der Waals surface area contributed by atoms with Crippen molar-refractivity contribution in [1.82, 2.24) is 5.43 Å². The molecule has 1 amide bonds. The summed E-state index contributed by atoms with van der Waals surface area (Å²) < 4.78 is 5.19. The Kier molecular flexibility index (Phi) is 4.28. The first-order chi connectivity index (χ1) is 7.58. The summed E-state index contributed by atoms with van der Waals surface area (Å²) in [6.07, 6.45) is 0.135. The number of hydrazine groups is 1. The van der Waals surface area contributed by atoms with Gasteiger partial charge in [0.25, 0.3) is 0 Å². The van der Waals surface area contributed by atoms with Gasteiger partial charge in [0.1, 0.15) is 5.75 Å². The zero-order chi connectivity index (χ0) is 12.1. The lowest BCUT2D eigenvalue weighted by atomic mass is 10.0. The van der Waals surface area contributed by atoms with Crippen LogP contribution in [0.2, 0.25) is 0 Å². The first kappa shape index (κ1) is 12.5. The van der Waals surface area contributed by atoms with Crippen LogP contribution in [0.25, 0.3) is 0 Å². The van der Waals surface area contributed by atoms with Gasteiger partial charge in [0.05, 0.1) is 7.11 Å². The van der Waals surface area contributed by atoms with E-state index >= 15 is 0 Å². The second kappa shape index (κ2) is 5.48. The van der Waals surface area contributed by atoms with Crippen molar-refractivity contribution in [1.29, 1.82) is 0 Å². The van der Waals surface area contributed by atoms with Crippen LogP contribution in [0.1, 0.15) is 23.6 Å². The van der Waals surface area contributed by atoms with Crippen molar-refractivity contribution in [2.75, 3.05) is 7.11 Å². The van der Waals surface area contributed by atoms with Crippen molar-refractivity contribution in [3.8, 4) is 5.75 Å². The van der Waals surface area contributed by atoms with Crippen LogP contribution in [0, 0.1) is 6.92 Å². The molecule has 0 aliphatic carbocycles. The Labute approximate surface area is 94.7 Å². The van der Waals surface area contributed by atoms with Gasteiger partial charge in [-0.05, 0) is 13.0 Å². The summed E-state index contributed by atoms with van der Waals surface area (Å²) >= 11 is 0. The molecule has 0 saturated heterocycles. The van der Waals surface area contributed by atoms with E-state index in [-0.39, 0.29) is 12.3 Å². The van der Waals surface area contributed by atoms with Crippen LogP contribution in [0.15, 0.2) is 18.2 Å². The van der Waals surface area contributed by atoms with Crippen molar-refractivity contribution in [2.45, 2.75) is 19.4 Å². The van der Waals surface area contributed by atoms with E-state index in [1.54, 1.807) is 7.11 Å². The van der Waals surface area contributed by atoms with Crippen molar-refractivity contribution < 1.29 is 9.53 Å². The first-order valence-corrected chi connectivity index (χ1v) is 4.98. The number of rotatable bonds is 4. The van der Waals surface area contributed by atoms with Crippen LogP contribution < -0.4 is 21.7 Å². The number of ether oxygens (including phenoxy) is 1. The number of hydrogen-bond acceptors (Lipinski definition) is 4. The number of amides is 1. The Morgan fingerprint density at radius 2 is 2.25 bits per heavy atom. The summed E-state index contributed by atoms with van der Waals surface area (Å²) in [5.74, 6) is 5.40. The molecule has 0 bridgehead atoms. The molecule has 1 aromatic carbocycles. The molecule has 5 heteroatoms. The van der Waals surface area contributed by atoms with Gasteiger partial charge in [-0.1, -0.05) is 17.7 Å². The van der Waals surface area contributed by atoms with Gasteiger partial charge in [-0.15, -0.1) is 0 Å². The van der Waals surface area contributed by atoms with E-state index in [9.17, 15) is 4.79 Å². The van der Waals surface area contributed by atoms with E-state index in [2.05, 4.69) is 5.43 Å². The lowest BCUT2D eigenvalue weighted by Gasteiger charge is -2.15. The zero-order valence-electron chi connectivity index (χ0n) is 9.49. The van der Waals surface area contributed by atoms with Crippen LogP contribution in [0.4, 0.5) is 0 Å². The summed E-state index contributed by atoms with van der Waals surface area (Å²) in [7, 11) is 1.57. The highest BCUT2D eigenvalue weighted by Crippen LogP contribution is 2.26. The van der Waals surface area contributed by atoms with Gasteiger partial charge >= 0.3 is 0 Å². The molecule has 0 saturated carbocycles. The number of benzene rings is 1. The van der Waals surface area contributed by atoms with Crippen molar-refractivity contribution in [2.24, 2.45) is 11.6 Å². The van der Waals surface area contributed by atoms with E-state index in [0.717, 1.165) is 11.1 Å². The average Bonchev–Trinajstić information content (AvgIpc) is 2.28. The summed E-state index contributed by atoms with van der Waals surface area (Å²) in [6.45, 7) is 1.96. The number of nitrogens with one attached hydrogen (secondary N) is 1. The van der Waals surface area contributed by atoms with Crippen LogP contribution in [0.5, 0.6) is 5.75 Å². The highest BCUT2D eigenvalue weighted by Gasteiger charge is 2.15. The maximum Gasteiger partial charge on any atom is 0.235 e. The van der Waals surface area contributed by atoms with Gasteiger partial charge in [-0.2, -0.15) is 0 Å². The third kappa shape index (κ3) is 2.95. The van der Waals surface area contributed by atoms with Gasteiger partial charge in [0, 0.05) is 18.0 Å². The quantitative estimate of drug-likeness (QED) is 0.391. The molecular formula is C11H17N3O2. The Morgan fingerprint density at radius 3 is 2.81 bits per heavy atom. The Morgan fingerprint density at radius 1 is 1.56 bits per heavy atom. The van der Waals surface area contributed by atoms with E-state index in [4.69, 9.17) is 16.3 Å². The monoisotopic (exact) mass is 223 g/mol. The maximum absolute atomic E-state index is 11.1. The molecule has 88 valence electrons. The van der Waals surface area contributed by atoms with E-state index in [1.165, 1.54) is 0 Å². The Hall–Kier alpha value is -1.59. The molecule has 16 heavy (non-hydrogen) atoms. The standard InChI is InChI=1S/C11H17N3O2/c1-7-3-4-10(16-2)8(5-7)9(12)6-11(15)14-13/h3-5,9H,6,12-13H2,1-2H3,(H,14,15). The lowest BCUT2D eigenvalue weighted by molar-refractivity contribution is -0.121. The average molecular weight is 223 g/mol. The van der Waals surface area contributed by atoms with E-state index in [0.29, 0.717) is 5.75 Å². The molecule has 0 spiro atoms. The lowest BCUT2D eigenvalue weighted by Crippen LogP contribution is -2.32. The fourth-order valence-corrected chi connectivity index (χ4v) is 1.51. The van der Waals surface area contributed by atoms with E-state index in [1.807, 2.05) is 25.1 Å². The number of aryl methyl sites for hydroxylation is 1. The zero-order valence-corrected chi connectivity index (χ0v) is 9.49. The molecule has 0 aromatic heterocycles. The molecule has 1 rings (SSSR count). The number of carbonyl (C=O) groups excluding carboxylic acids is 1. The number of hydrogen-bond donors (Lipinski definition) is 3. The predicted octanol–water partition coefficient (Wildman–Crippen LogP) is 0.383. The van der Waals surface area contributed by atoms with Crippen LogP contribution >= 0.6 is 0 Å². The summed E-state index contributed by atoms with van der Waals surface area (Å²) in [5, 5.41) is 0. The van der Waals surface area contributed by atoms with Crippen molar-refractivity contribution in [3.63, 3.8) is 0 Å². The second-order valence-electron chi connectivity index (χ2n) is 3.62. The predicted molar refractivity (Wildman–Crippen MR) is 61.6 cm³/mol. The highest BCUT2D eigenvalue weighted by atomic mass is 16.5. The SMILES string of the molecule is COc1ccc(C)cc1C(N)CC(=O)NN.